The maximum absolute atomic E-state index is 13.1. The molecule has 1 aromatic carbocycles. The van der Waals surface area contributed by atoms with Crippen LogP contribution in [0.1, 0.15) is 28.7 Å². The molecule has 2 saturated heterocycles. The average molecular weight is 457 g/mol. The standard InChI is InChI=1S/C23H25ClN4O4/c1-14-18(13-25-15(2)26-14)21(29)19-20(16-4-3-5-17(24)12-16)28(23(31)22(19)30)7-6-27-8-10-32-11-9-27/h3-5,12-13,20,29H,6-11H2,1-2H3/t20-/m0/s1. The fraction of sp³-hybridized carbons (Fsp3) is 0.391. The van der Waals surface area contributed by atoms with Crippen LogP contribution in [-0.4, -0.2) is 76.0 Å². The van der Waals surface area contributed by atoms with Crippen molar-refractivity contribution >= 4 is 29.1 Å². The van der Waals surface area contributed by atoms with Crippen LogP contribution in [0.5, 0.6) is 0 Å². The monoisotopic (exact) mass is 456 g/mol. The number of aromatic nitrogens is 2. The number of likely N-dealkylation sites (tertiary alicyclic amines) is 1. The Bertz CT molecular complexity index is 1080. The van der Waals surface area contributed by atoms with Crippen molar-refractivity contribution in [3.05, 3.63) is 63.7 Å². The van der Waals surface area contributed by atoms with Gasteiger partial charge in [0, 0.05) is 37.4 Å². The number of carbonyl (C=O) groups is 2. The second-order valence-corrected chi connectivity index (χ2v) is 8.35. The minimum atomic E-state index is -0.754. The van der Waals surface area contributed by atoms with Gasteiger partial charge >= 0.3 is 0 Å². The van der Waals surface area contributed by atoms with E-state index in [0.717, 1.165) is 13.1 Å². The second-order valence-electron chi connectivity index (χ2n) is 7.92. The van der Waals surface area contributed by atoms with E-state index in [4.69, 9.17) is 16.3 Å². The fourth-order valence-corrected chi connectivity index (χ4v) is 4.37. The van der Waals surface area contributed by atoms with E-state index in [2.05, 4.69) is 14.9 Å². The Hall–Kier alpha value is -2.81. The Labute approximate surface area is 191 Å². The van der Waals surface area contributed by atoms with Gasteiger partial charge in [-0.2, -0.15) is 0 Å². The lowest BCUT2D eigenvalue weighted by atomic mass is 9.95. The number of Topliss-reactive ketones (excluding diaryl/α,β-unsaturated/α-hetero) is 1. The van der Waals surface area contributed by atoms with E-state index in [1.165, 1.54) is 11.1 Å². The number of halogens is 1. The minimum Gasteiger partial charge on any atom is -0.507 e. The van der Waals surface area contributed by atoms with Crippen LogP contribution in [0, 0.1) is 13.8 Å². The van der Waals surface area contributed by atoms with Crippen LogP contribution in [0.25, 0.3) is 5.76 Å². The molecule has 0 bridgehead atoms. The first-order valence-corrected chi connectivity index (χ1v) is 10.9. The summed E-state index contributed by atoms with van der Waals surface area (Å²) < 4.78 is 5.39. The van der Waals surface area contributed by atoms with Gasteiger partial charge in [-0.15, -0.1) is 0 Å². The van der Waals surface area contributed by atoms with E-state index in [1.54, 1.807) is 38.1 Å². The molecule has 32 heavy (non-hydrogen) atoms. The second kappa shape index (κ2) is 9.36. The molecule has 3 heterocycles. The van der Waals surface area contributed by atoms with Crippen molar-refractivity contribution in [2.75, 3.05) is 39.4 Å². The smallest absolute Gasteiger partial charge is 0.295 e. The van der Waals surface area contributed by atoms with Crippen molar-refractivity contribution in [1.29, 1.82) is 0 Å². The van der Waals surface area contributed by atoms with Gasteiger partial charge in [-0.05, 0) is 31.5 Å². The molecule has 9 heteroatoms. The maximum atomic E-state index is 13.1. The molecule has 2 aliphatic heterocycles. The van der Waals surface area contributed by atoms with Crippen molar-refractivity contribution < 1.29 is 19.4 Å². The first-order chi connectivity index (χ1) is 15.4. The topological polar surface area (TPSA) is 95.9 Å². The molecule has 4 rings (SSSR count). The van der Waals surface area contributed by atoms with Gasteiger partial charge in [0.25, 0.3) is 11.7 Å². The van der Waals surface area contributed by atoms with Gasteiger partial charge in [0.05, 0.1) is 36.1 Å². The molecule has 1 aromatic heterocycles. The summed E-state index contributed by atoms with van der Waals surface area (Å²) in [5.41, 5.74) is 1.54. The summed E-state index contributed by atoms with van der Waals surface area (Å²) in [6, 6.07) is 6.25. The van der Waals surface area contributed by atoms with Crippen molar-refractivity contribution in [3.8, 4) is 0 Å². The molecular weight excluding hydrogens is 432 g/mol. The first kappa shape index (κ1) is 22.4. The number of aliphatic hydroxyl groups excluding tert-OH is 1. The number of amides is 1. The predicted molar refractivity (Wildman–Crippen MR) is 119 cm³/mol. The molecule has 1 atom stereocenters. The molecule has 0 spiro atoms. The lowest BCUT2D eigenvalue weighted by Crippen LogP contribution is -2.42. The number of hydrogen-bond acceptors (Lipinski definition) is 7. The molecule has 168 valence electrons. The molecule has 0 aliphatic carbocycles. The third kappa shape index (κ3) is 4.39. The van der Waals surface area contributed by atoms with Gasteiger partial charge < -0.3 is 14.7 Å². The molecule has 0 saturated carbocycles. The molecule has 0 unspecified atom stereocenters. The number of rotatable bonds is 5. The highest BCUT2D eigenvalue weighted by atomic mass is 35.5. The van der Waals surface area contributed by atoms with Gasteiger partial charge in [-0.25, -0.2) is 9.97 Å². The Kier molecular flexibility index (Phi) is 6.55. The zero-order valence-corrected chi connectivity index (χ0v) is 18.8. The molecule has 8 nitrogen and oxygen atoms in total. The van der Waals surface area contributed by atoms with Crippen molar-refractivity contribution in [2.45, 2.75) is 19.9 Å². The molecule has 0 radical (unpaired) electrons. The van der Waals surface area contributed by atoms with E-state index in [0.29, 0.717) is 54.0 Å². The highest BCUT2D eigenvalue weighted by molar-refractivity contribution is 6.46. The van der Waals surface area contributed by atoms with Gasteiger partial charge in [0.1, 0.15) is 11.6 Å². The number of nitrogens with zero attached hydrogens (tertiary/aromatic N) is 4. The van der Waals surface area contributed by atoms with E-state index in [1.807, 2.05) is 0 Å². The highest BCUT2D eigenvalue weighted by Gasteiger charge is 2.46. The lowest BCUT2D eigenvalue weighted by molar-refractivity contribution is -0.140. The number of hydrogen-bond donors (Lipinski definition) is 1. The Morgan fingerprint density at radius 1 is 1.22 bits per heavy atom. The number of carbonyl (C=O) groups excluding carboxylic acids is 2. The maximum Gasteiger partial charge on any atom is 0.295 e. The summed E-state index contributed by atoms with van der Waals surface area (Å²) in [4.78, 5) is 38.3. The van der Waals surface area contributed by atoms with E-state index in [9.17, 15) is 14.7 Å². The average Bonchev–Trinajstić information content (AvgIpc) is 3.03. The summed E-state index contributed by atoms with van der Waals surface area (Å²) in [6.45, 7) is 7.23. The molecule has 1 N–H and O–H groups in total. The van der Waals surface area contributed by atoms with E-state index >= 15 is 0 Å². The van der Waals surface area contributed by atoms with Crippen LogP contribution < -0.4 is 0 Å². The van der Waals surface area contributed by atoms with E-state index < -0.39 is 17.7 Å². The third-order valence-corrected chi connectivity index (χ3v) is 6.06. The van der Waals surface area contributed by atoms with Crippen molar-refractivity contribution in [2.24, 2.45) is 0 Å². The Morgan fingerprint density at radius 2 is 1.97 bits per heavy atom. The van der Waals surface area contributed by atoms with Crippen LogP contribution in [0.15, 0.2) is 36.0 Å². The number of aryl methyl sites for hydroxylation is 2. The summed E-state index contributed by atoms with van der Waals surface area (Å²) in [5.74, 6) is -1.10. The van der Waals surface area contributed by atoms with Crippen LogP contribution in [0.3, 0.4) is 0 Å². The number of ketones is 1. The third-order valence-electron chi connectivity index (χ3n) is 5.82. The molecule has 2 fully saturated rings. The normalized spacial score (nSPS) is 21.3. The zero-order valence-electron chi connectivity index (χ0n) is 18.0. The quantitative estimate of drug-likeness (QED) is 0.419. The van der Waals surface area contributed by atoms with Crippen LogP contribution in [0.2, 0.25) is 5.02 Å². The molecule has 2 aliphatic rings. The van der Waals surface area contributed by atoms with E-state index in [-0.39, 0.29) is 11.3 Å². The molecule has 1 amide bonds. The Balaban J connectivity index is 1.77. The summed E-state index contributed by atoms with van der Waals surface area (Å²) in [5, 5.41) is 11.6. The SMILES string of the molecule is Cc1ncc(C(O)=C2C(=O)C(=O)N(CCN3CCOCC3)[C@H]2c2cccc(Cl)c2)c(C)n1. The number of morpholine rings is 1. The molecule has 2 aromatic rings. The van der Waals surface area contributed by atoms with Crippen LogP contribution in [0.4, 0.5) is 0 Å². The summed E-state index contributed by atoms with van der Waals surface area (Å²) in [6.07, 6.45) is 1.48. The summed E-state index contributed by atoms with van der Waals surface area (Å²) in [7, 11) is 0. The van der Waals surface area contributed by atoms with Gasteiger partial charge in [0.15, 0.2) is 0 Å². The lowest BCUT2D eigenvalue weighted by Gasteiger charge is -2.31. The largest absolute Gasteiger partial charge is 0.507 e. The van der Waals surface area contributed by atoms with Gasteiger partial charge in [-0.1, -0.05) is 23.7 Å². The zero-order chi connectivity index (χ0) is 22.8. The van der Waals surface area contributed by atoms with Gasteiger partial charge in [-0.3, -0.25) is 14.5 Å². The first-order valence-electron chi connectivity index (χ1n) is 10.5. The molecular formula is C23H25ClN4O4. The highest BCUT2D eigenvalue weighted by Crippen LogP contribution is 2.40. The predicted octanol–water partition coefficient (Wildman–Crippen LogP) is 2.50. The van der Waals surface area contributed by atoms with Crippen molar-refractivity contribution in [1.82, 2.24) is 19.8 Å². The minimum absolute atomic E-state index is 0.0230. The number of benzene rings is 1. The van der Waals surface area contributed by atoms with Gasteiger partial charge in [0.2, 0.25) is 0 Å². The number of ether oxygens (including phenoxy) is 1. The van der Waals surface area contributed by atoms with Crippen LogP contribution in [-0.2, 0) is 14.3 Å². The van der Waals surface area contributed by atoms with Crippen LogP contribution >= 0.6 is 11.6 Å². The Morgan fingerprint density at radius 3 is 2.66 bits per heavy atom. The fourth-order valence-electron chi connectivity index (χ4n) is 4.17. The number of aliphatic hydroxyl groups is 1. The summed E-state index contributed by atoms with van der Waals surface area (Å²) >= 11 is 6.22. The van der Waals surface area contributed by atoms with Crippen molar-refractivity contribution in [3.63, 3.8) is 0 Å².